The van der Waals surface area contributed by atoms with Gasteiger partial charge < -0.3 is 10.4 Å². The molecule has 0 aliphatic carbocycles. The molecule has 7 nitrogen and oxygen atoms in total. The second-order valence-corrected chi connectivity index (χ2v) is 4.73. The van der Waals surface area contributed by atoms with Crippen LogP contribution in [0.1, 0.15) is 5.56 Å². The Morgan fingerprint density at radius 3 is 2.95 bits per heavy atom. The van der Waals surface area contributed by atoms with Crippen LogP contribution in [0.15, 0.2) is 24.3 Å². The number of nitro groups is 1. The number of benzene rings is 1. The third kappa shape index (κ3) is 3.31. The van der Waals surface area contributed by atoms with Crippen molar-refractivity contribution >= 4 is 11.7 Å². The van der Waals surface area contributed by atoms with Crippen molar-refractivity contribution in [3.05, 3.63) is 39.9 Å². The number of para-hydroxylation sites is 1. The predicted molar refractivity (Wildman–Crippen MR) is 72.7 cm³/mol. The molecule has 0 bridgehead atoms. The quantitative estimate of drug-likeness (QED) is 0.602. The molecule has 1 aliphatic heterocycles. The molecule has 1 saturated heterocycles. The van der Waals surface area contributed by atoms with Crippen molar-refractivity contribution < 1.29 is 14.8 Å². The molecular weight excluding hydrogens is 262 g/mol. The molecule has 20 heavy (non-hydrogen) atoms. The van der Waals surface area contributed by atoms with E-state index in [1.54, 1.807) is 18.2 Å². The van der Waals surface area contributed by atoms with Crippen LogP contribution in [0.25, 0.3) is 0 Å². The molecule has 1 aromatic carbocycles. The first-order valence-electron chi connectivity index (χ1n) is 6.49. The van der Waals surface area contributed by atoms with Gasteiger partial charge in [0.15, 0.2) is 0 Å². The Hall–Kier alpha value is -1.99. The lowest BCUT2D eigenvalue weighted by atomic mass is 10.1. The molecule has 1 heterocycles. The molecule has 1 fully saturated rings. The van der Waals surface area contributed by atoms with Crippen LogP contribution in [-0.4, -0.2) is 53.1 Å². The zero-order chi connectivity index (χ0) is 14.5. The normalized spacial score (nSPS) is 19.7. The third-order valence-corrected chi connectivity index (χ3v) is 3.50. The van der Waals surface area contributed by atoms with Gasteiger partial charge in [0, 0.05) is 37.8 Å². The molecule has 0 radical (unpaired) electrons. The maximum atomic E-state index is 11.2. The van der Waals surface area contributed by atoms with Gasteiger partial charge in [-0.1, -0.05) is 18.2 Å². The molecule has 0 saturated carbocycles. The summed E-state index contributed by atoms with van der Waals surface area (Å²) in [4.78, 5) is 23.6. The van der Waals surface area contributed by atoms with Crippen LogP contribution in [0.4, 0.5) is 5.69 Å². The zero-order valence-corrected chi connectivity index (χ0v) is 11.0. The number of carboxylic acid groups (broad SMARTS) is 1. The van der Waals surface area contributed by atoms with E-state index < -0.39 is 16.9 Å². The first-order valence-corrected chi connectivity index (χ1v) is 6.49. The van der Waals surface area contributed by atoms with Crippen LogP contribution in [0.3, 0.4) is 0 Å². The third-order valence-electron chi connectivity index (χ3n) is 3.50. The van der Waals surface area contributed by atoms with Crippen molar-refractivity contribution in [1.82, 2.24) is 10.2 Å². The van der Waals surface area contributed by atoms with Crippen molar-refractivity contribution in [3.63, 3.8) is 0 Å². The Kier molecular flexibility index (Phi) is 4.65. The van der Waals surface area contributed by atoms with E-state index in [1.165, 1.54) is 6.07 Å². The standard InChI is InChI=1S/C13H17N3O4/c17-13(18)12-9-14-6-8-15(12)7-5-10-3-1-2-4-11(10)16(19)20/h1-4,12,14H,5-9H2,(H,17,18). The van der Waals surface area contributed by atoms with E-state index in [4.69, 9.17) is 5.11 Å². The number of nitrogens with zero attached hydrogens (tertiary/aromatic N) is 2. The van der Waals surface area contributed by atoms with Gasteiger partial charge in [0.05, 0.1) is 4.92 Å². The molecule has 0 amide bonds. The summed E-state index contributed by atoms with van der Waals surface area (Å²) in [6, 6.07) is 6.02. The lowest BCUT2D eigenvalue weighted by Gasteiger charge is -2.33. The summed E-state index contributed by atoms with van der Waals surface area (Å²) in [6.45, 7) is 2.29. The second kappa shape index (κ2) is 6.44. The summed E-state index contributed by atoms with van der Waals surface area (Å²) in [6.07, 6.45) is 0.473. The largest absolute Gasteiger partial charge is 0.480 e. The number of hydrogen-bond acceptors (Lipinski definition) is 5. The maximum Gasteiger partial charge on any atom is 0.322 e. The van der Waals surface area contributed by atoms with E-state index in [0.29, 0.717) is 31.6 Å². The second-order valence-electron chi connectivity index (χ2n) is 4.73. The minimum Gasteiger partial charge on any atom is -0.480 e. The molecule has 1 aliphatic rings. The summed E-state index contributed by atoms with van der Waals surface area (Å²) in [5.74, 6) is -0.861. The number of nitro benzene ring substituents is 1. The topological polar surface area (TPSA) is 95.7 Å². The lowest BCUT2D eigenvalue weighted by molar-refractivity contribution is -0.385. The van der Waals surface area contributed by atoms with Gasteiger partial charge in [0.25, 0.3) is 5.69 Å². The number of hydrogen-bond donors (Lipinski definition) is 2. The van der Waals surface area contributed by atoms with Crippen molar-refractivity contribution in [2.45, 2.75) is 12.5 Å². The number of aliphatic carboxylic acids is 1. The monoisotopic (exact) mass is 279 g/mol. The summed E-state index contributed by atoms with van der Waals surface area (Å²) in [7, 11) is 0. The Labute approximate surface area is 116 Å². The average Bonchev–Trinajstić information content (AvgIpc) is 2.45. The van der Waals surface area contributed by atoms with Gasteiger partial charge in [-0.15, -0.1) is 0 Å². The molecule has 0 aromatic heterocycles. The fourth-order valence-electron chi connectivity index (χ4n) is 2.42. The first kappa shape index (κ1) is 14.4. The van der Waals surface area contributed by atoms with Crippen LogP contribution in [-0.2, 0) is 11.2 Å². The zero-order valence-electron chi connectivity index (χ0n) is 11.0. The number of carboxylic acids is 1. The van der Waals surface area contributed by atoms with Crippen molar-refractivity contribution in [1.29, 1.82) is 0 Å². The fourth-order valence-corrected chi connectivity index (χ4v) is 2.42. The Bertz CT molecular complexity index is 506. The highest BCUT2D eigenvalue weighted by Gasteiger charge is 2.28. The Morgan fingerprint density at radius 2 is 2.25 bits per heavy atom. The van der Waals surface area contributed by atoms with Gasteiger partial charge in [0.2, 0.25) is 0 Å². The van der Waals surface area contributed by atoms with Crippen LogP contribution in [0.2, 0.25) is 0 Å². The summed E-state index contributed by atoms with van der Waals surface area (Å²) < 4.78 is 0. The molecule has 1 unspecified atom stereocenters. The molecule has 7 heteroatoms. The number of nitrogens with one attached hydrogen (secondary N) is 1. The van der Waals surface area contributed by atoms with Crippen LogP contribution >= 0.6 is 0 Å². The summed E-state index contributed by atoms with van der Waals surface area (Å²) in [5, 5.41) is 23.1. The fraction of sp³-hybridized carbons (Fsp3) is 0.462. The SMILES string of the molecule is O=C(O)C1CNCCN1CCc1ccccc1[N+](=O)[O-]. The van der Waals surface area contributed by atoms with Gasteiger partial charge in [-0.05, 0) is 6.42 Å². The number of rotatable bonds is 5. The Balaban J connectivity index is 2.04. The van der Waals surface area contributed by atoms with Crippen LogP contribution in [0.5, 0.6) is 0 Å². The van der Waals surface area contributed by atoms with Gasteiger partial charge >= 0.3 is 5.97 Å². The summed E-state index contributed by atoms with van der Waals surface area (Å²) >= 11 is 0. The molecule has 1 atom stereocenters. The molecule has 0 spiro atoms. The molecule has 2 N–H and O–H groups in total. The van der Waals surface area contributed by atoms with Crippen molar-refractivity contribution in [2.24, 2.45) is 0 Å². The minimum atomic E-state index is -0.861. The minimum absolute atomic E-state index is 0.0921. The highest BCUT2D eigenvalue weighted by molar-refractivity contribution is 5.74. The van der Waals surface area contributed by atoms with E-state index >= 15 is 0 Å². The predicted octanol–water partition coefficient (Wildman–Crippen LogP) is 0.496. The molecule has 2 rings (SSSR count). The van der Waals surface area contributed by atoms with E-state index in [9.17, 15) is 14.9 Å². The van der Waals surface area contributed by atoms with Crippen molar-refractivity contribution in [3.8, 4) is 0 Å². The molecule has 1 aromatic rings. The molecule has 108 valence electrons. The number of piperazine rings is 1. The maximum absolute atomic E-state index is 11.2. The molecular formula is C13H17N3O4. The van der Waals surface area contributed by atoms with Crippen LogP contribution in [0, 0.1) is 10.1 Å². The first-order chi connectivity index (χ1) is 9.59. The average molecular weight is 279 g/mol. The van der Waals surface area contributed by atoms with Gasteiger partial charge in [-0.3, -0.25) is 19.8 Å². The van der Waals surface area contributed by atoms with E-state index in [0.717, 1.165) is 6.54 Å². The van der Waals surface area contributed by atoms with E-state index in [2.05, 4.69) is 5.32 Å². The number of carbonyl (C=O) groups is 1. The Morgan fingerprint density at radius 1 is 1.50 bits per heavy atom. The highest BCUT2D eigenvalue weighted by atomic mass is 16.6. The van der Waals surface area contributed by atoms with Crippen molar-refractivity contribution in [2.75, 3.05) is 26.2 Å². The van der Waals surface area contributed by atoms with Crippen LogP contribution < -0.4 is 5.32 Å². The van der Waals surface area contributed by atoms with Gasteiger partial charge in [-0.25, -0.2) is 0 Å². The lowest BCUT2D eigenvalue weighted by Crippen LogP contribution is -2.55. The highest BCUT2D eigenvalue weighted by Crippen LogP contribution is 2.19. The summed E-state index contributed by atoms with van der Waals surface area (Å²) in [5.41, 5.74) is 0.731. The van der Waals surface area contributed by atoms with E-state index in [1.807, 2.05) is 4.90 Å². The van der Waals surface area contributed by atoms with Gasteiger partial charge in [-0.2, -0.15) is 0 Å². The van der Waals surface area contributed by atoms with E-state index in [-0.39, 0.29) is 5.69 Å². The van der Waals surface area contributed by atoms with Gasteiger partial charge in [0.1, 0.15) is 6.04 Å². The smallest absolute Gasteiger partial charge is 0.322 e.